The summed E-state index contributed by atoms with van der Waals surface area (Å²) in [6.07, 6.45) is 6.29. The lowest BCUT2D eigenvalue weighted by atomic mass is 9.76. The third kappa shape index (κ3) is 3.93. The molecule has 6 nitrogen and oxygen atoms in total. The molecule has 0 bridgehead atoms. The van der Waals surface area contributed by atoms with E-state index in [0.29, 0.717) is 13.1 Å². The van der Waals surface area contributed by atoms with Gasteiger partial charge in [0.15, 0.2) is 0 Å². The Morgan fingerprint density at radius 1 is 1.25 bits per heavy atom. The van der Waals surface area contributed by atoms with Gasteiger partial charge < -0.3 is 10.2 Å². The molecule has 1 unspecified atom stereocenters. The van der Waals surface area contributed by atoms with Crippen molar-refractivity contribution in [3.05, 3.63) is 48.5 Å². The van der Waals surface area contributed by atoms with Crippen LogP contribution < -0.4 is 5.32 Å². The Bertz CT molecular complexity index is 643. The maximum Gasteiger partial charge on any atom is 0.317 e. The fourth-order valence-corrected chi connectivity index (χ4v) is 3.35. The van der Waals surface area contributed by atoms with Crippen LogP contribution >= 0.6 is 0 Å². The fraction of sp³-hybridized carbons (Fsp3) is 0.500. The number of aromatic nitrogens is 3. The number of carbonyl (C=O) groups excluding carboxylic acids is 1. The van der Waals surface area contributed by atoms with E-state index in [2.05, 4.69) is 52.7 Å². The maximum atomic E-state index is 12.4. The topological polar surface area (TPSA) is 63.1 Å². The van der Waals surface area contributed by atoms with Crippen molar-refractivity contribution < 1.29 is 4.79 Å². The van der Waals surface area contributed by atoms with Crippen LogP contribution in [-0.2, 0) is 12.0 Å². The quantitative estimate of drug-likeness (QED) is 0.938. The highest BCUT2D eigenvalue weighted by Gasteiger charge is 2.30. The van der Waals surface area contributed by atoms with Crippen molar-refractivity contribution in [1.82, 2.24) is 25.0 Å². The molecule has 3 rings (SSSR count). The Balaban J connectivity index is 1.52. The zero-order valence-corrected chi connectivity index (χ0v) is 14.2. The van der Waals surface area contributed by atoms with Crippen LogP contribution in [-0.4, -0.2) is 45.3 Å². The summed E-state index contributed by atoms with van der Waals surface area (Å²) < 4.78 is 1.72. The summed E-state index contributed by atoms with van der Waals surface area (Å²) >= 11 is 0. The van der Waals surface area contributed by atoms with Gasteiger partial charge in [-0.2, -0.15) is 5.10 Å². The van der Waals surface area contributed by atoms with Crippen molar-refractivity contribution in [1.29, 1.82) is 0 Å². The lowest BCUT2D eigenvalue weighted by Gasteiger charge is -2.29. The lowest BCUT2D eigenvalue weighted by molar-refractivity contribution is 0.198. The number of nitrogens with zero attached hydrogens (tertiary/aromatic N) is 4. The van der Waals surface area contributed by atoms with Gasteiger partial charge in [0.25, 0.3) is 0 Å². The molecule has 0 spiro atoms. The molecule has 0 radical (unpaired) electrons. The van der Waals surface area contributed by atoms with Gasteiger partial charge in [-0.1, -0.05) is 37.3 Å². The predicted molar refractivity (Wildman–Crippen MR) is 92.6 cm³/mol. The molecule has 0 aliphatic carbocycles. The van der Waals surface area contributed by atoms with E-state index >= 15 is 0 Å². The number of amides is 2. The third-order valence-corrected chi connectivity index (χ3v) is 4.93. The molecule has 24 heavy (non-hydrogen) atoms. The van der Waals surface area contributed by atoms with Crippen LogP contribution in [0.15, 0.2) is 43.0 Å². The summed E-state index contributed by atoms with van der Waals surface area (Å²) in [7, 11) is 0. The average Bonchev–Trinajstić information content (AvgIpc) is 3.03. The van der Waals surface area contributed by atoms with Crippen LogP contribution in [0.25, 0.3) is 0 Å². The number of likely N-dealkylation sites (tertiary alicyclic amines) is 1. The molecule has 1 fully saturated rings. The standard InChI is InChI=1S/C18H25N5O/c1-18(16-6-3-2-4-7-16)8-5-11-22(12-9-18)17(24)20-10-13-23-15-19-14-21-23/h2-4,6-7,14-15H,5,8-13H2,1H3,(H,20,24). The van der Waals surface area contributed by atoms with Gasteiger partial charge >= 0.3 is 6.03 Å². The largest absolute Gasteiger partial charge is 0.336 e. The molecule has 1 aromatic carbocycles. The van der Waals surface area contributed by atoms with Crippen molar-refractivity contribution in [3.8, 4) is 0 Å². The molecule has 1 aliphatic heterocycles. The summed E-state index contributed by atoms with van der Waals surface area (Å²) in [5.41, 5.74) is 1.52. The van der Waals surface area contributed by atoms with E-state index in [1.165, 1.54) is 11.9 Å². The molecule has 1 aliphatic rings. The first kappa shape index (κ1) is 16.5. The van der Waals surface area contributed by atoms with Crippen molar-refractivity contribution in [2.24, 2.45) is 0 Å². The molecule has 2 aromatic rings. The van der Waals surface area contributed by atoms with Crippen LogP contribution in [0, 0.1) is 0 Å². The molecule has 6 heteroatoms. The first-order valence-corrected chi connectivity index (χ1v) is 8.58. The van der Waals surface area contributed by atoms with E-state index in [4.69, 9.17) is 0 Å². The molecular weight excluding hydrogens is 302 g/mol. The van der Waals surface area contributed by atoms with Gasteiger partial charge in [0.05, 0.1) is 6.54 Å². The minimum Gasteiger partial charge on any atom is -0.336 e. The predicted octanol–water partition coefficient (Wildman–Crippen LogP) is 2.43. The smallest absolute Gasteiger partial charge is 0.317 e. The monoisotopic (exact) mass is 327 g/mol. The fourth-order valence-electron chi connectivity index (χ4n) is 3.35. The molecule has 1 N–H and O–H groups in total. The molecular formula is C18H25N5O. The highest BCUT2D eigenvalue weighted by Crippen LogP contribution is 2.34. The Kier molecular flexibility index (Phi) is 5.13. The lowest BCUT2D eigenvalue weighted by Crippen LogP contribution is -2.42. The van der Waals surface area contributed by atoms with Gasteiger partial charge in [-0.3, -0.25) is 4.68 Å². The number of urea groups is 1. The molecule has 1 aromatic heterocycles. The first-order chi connectivity index (χ1) is 11.7. The SMILES string of the molecule is CC1(c2ccccc2)CCCN(C(=O)NCCn2cncn2)CC1. The van der Waals surface area contributed by atoms with Crippen molar-refractivity contribution in [2.45, 2.75) is 38.1 Å². The van der Waals surface area contributed by atoms with E-state index in [9.17, 15) is 4.79 Å². The molecule has 128 valence electrons. The zero-order chi connectivity index (χ0) is 16.8. The van der Waals surface area contributed by atoms with Crippen LogP contribution in [0.3, 0.4) is 0 Å². The van der Waals surface area contributed by atoms with E-state index in [-0.39, 0.29) is 11.4 Å². The Labute approximate surface area is 142 Å². The average molecular weight is 327 g/mol. The van der Waals surface area contributed by atoms with Gasteiger partial charge in [-0.15, -0.1) is 0 Å². The van der Waals surface area contributed by atoms with Crippen molar-refractivity contribution in [2.75, 3.05) is 19.6 Å². The van der Waals surface area contributed by atoms with Gasteiger partial charge in [0.2, 0.25) is 0 Å². The summed E-state index contributed by atoms with van der Waals surface area (Å²) in [6, 6.07) is 10.7. The minimum atomic E-state index is 0.0208. The Hall–Kier alpha value is -2.37. The van der Waals surface area contributed by atoms with Gasteiger partial charge in [-0.25, -0.2) is 9.78 Å². The van der Waals surface area contributed by atoms with Crippen LogP contribution in [0.1, 0.15) is 31.7 Å². The maximum absolute atomic E-state index is 12.4. The zero-order valence-electron chi connectivity index (χ0n) is 14.2. The number of hydrogen-bond acceptors (Lipinski definition) is 3. The molecule has 2 heterocycles. The second kappa shape index (κ2) is 7.47. The number of benzene rings is 1. The molecule has 1 atom stereocenters. The number of hydrogen-bond donors (Lipinski definition) is 1. The Morgan fingerprint density at radius 2 is 2.08 bits per heavy atom. The summed E-state index contributed by atoms with van der Waals surface area (Å²) in [5.74, 6) is 0. The van der Waals surface area contributed by atoms with Gasteiger partial charge in [0.1, 0.15) is 12.7 Å². The molecule has 0 saturated carbocycles. The van der Waals surface area contributed by atoms with Crippen molar-refractivity contribution >= 4 is 6.03 Å². The van der Waals surface area contributed by atoms with Gasteiger partial charge in [-0.05, 0) is 30.2 Å². The summed E-state index contributed by atoms with van der Waals surface area (Å²) in [6.45, 7) is 5.13. The summed E-state index contributed by atoms with van der Waals surface area (Å²) in [5, 5.41) is 7.02. The number of carbonyl (C=O) groups is 1. The minimum absolute atomic E-state index is 0.0208. The highest BCUT2D eigenvalue weighted by molar-refractivity contribution is 5.74. The summed E-state index contributed by atoms with van der Waals surface area (Å²) in [4.78, 5) is 18.2. The Morgan fingerprint density at radius 3 is 2.83 bits per heavy atom. The second-order valence-electron chi connectivity index (χ2n) is 6.66. The van der Waals surface area contributed by atoms with Crippen molar-refractivity contribution in [3.63, 3.8) is 0 Å². The van der Waals surface area contributed by atoms with Crippen LogP contribution in [0.5, 0.6) is 0 Å². The highest BCUT2D eigenvalue weighted by atomic mass is 16.2. The number of rotatable bonds is 4. The van der Waals surface area contributed by atoms with E-state index in [0.717, 1.165) is 32.4 Å². The normalized spacial score (nSPS) is 21.3. The second-order valence-corrected chi connectivity index (χ2v) is 6.66. The van der Waals surface area contributed by atoms with Gasteiger partial charge in [0, 0.05) is 19.6 Å². The van der Waals surface area contributed by atoms with Crippen LogP contribution in [0.4, 0.5) is 4.79 Å². The van der Waals surface area contributed by atoms with E-state index in [1.54, 1.807) is 11.0 Å². The van der Waals surface area contributed by atoms with Crippen LogP contribution in [0.2, 0.25) is 0 Å². The molecule has 1 saturated heterocycles. The van der Waals surface area contributed by atoms with E-state index in [1.807, 2.05) is 4.90 Å². The first-order valence-electron chi connectivity index (χ1n) is 8.58. The number of nitrogens with one attached hydrogen (secondary N) is 1. The van der Waals surface area contributed by atoms with E-state index < -0.39 is 0 Å². The third-order valence-electron chi connectivity index (χ3n) is 4.93. The molecule has 2 amide bonds.